The zero-order valence-corrected chi connectivity index (χ0v) is 12.2. The summed E-state index contributed by atoms with van der Waals surface area (Å²) in [5, 5.41) is 3.61. The second kappa shape index (κ2) is 6.84. The van der Waals surface area contributed by atoms with E-state index in [2.05, 4.69) is 15.0 Å². The number of nitrogens with zero attached hydrogens (tertiary/aromatic N) is 2. The smallest absolute Gasteiger partial charge is 0.301 e. The lowest BCUT2D eigenvalue weighted by molar-refractivity contribution is 0.213. The first-order chi connectivity index (χ1) is 9.27. The number of aromatic nitrogens is 1. The van der Waals surface area contributed by atoms with Gasteiger partial charge in [0.05, 0.1) is 16.3 Å². The third-order valence-electron chi connectivity index (χ3n) is 2.13. The molecule has 0 fully saturated rings. The van der Waals surface area contributed by atoms with Gasteiger partial charge in [-0.05, 0) is 6.92 Å². The van der Waals surface area contributed by atoms with E-state index in [0.717, 1.165) is 11.3 Å². The zero-order valence-electron chi connectivity index (χ0n) is 10.6. The van der Waals surface area contributed by atoms with Crippen LogP contribution < -0.4 is 0 Å². The fourth-order valence-corrected chi connectivity index (χ4v) is 3.60. The van der Waals surface area contributed by atoms with Crippen molar-refractivity contribution >= 4 is 26.9 Å². The molecule has 0 aliphatic rings. The monoisotopic (exact) mass is 328 g/mol. The van der Waals surface area contributed by atoms with Crippen molar-refractivity contribution in [3.05, 3.63) is 23.0 Å². The molecule has 0 aliphatic heterocycles. The summed E-state index contributed by atoms with van der Waals surface area (Å²) in [6.07, 6.45) is -2.12. The van der Waals surface area contributed by atoms with Gasteiger partial charge in [0.1, 0.15) is 7.11 Å². The number of halogens is 3. The van der Waals surface area contributed by atoms with Gasteiger partial charge in [0.2, 0.25) is 14.2 Å². The van der Waals surface area contributed by atoms with Crippen molar-refractivity contribution in [3.63, 3.8) is 0 Å². The Morgan fingerprint density at radius 1 is 1.45 bits per heavy atom. The third-order valence-corrected chi connectivity index (χ3v) is 5.42. The Hall–Kier alpha value is -1.42. The van der Waals surface area contributed by atoms with Gasteiger partial charge in [0, 0.05) is 12.6 Å². The summed E-state index contributed by atoms with van der Waals surface area (Å²) < 4.78 is 59.7. The van der Waals surface area contributed by atoms with Crippen LogP contribution in [-0.2, 0) is 14.7 Å². The van der Waals surface area contributed by atoms with Gasteiger partial charge < -0.3 is 4.84 Å². The lowest BCUT2D eigenvalue weighted by Gasteiger charge is -1.98. The Kier molecular flexibility index (Phi) is 5.69. The minimum atomic E-state index is -3.91. The Morgan fingerprint density at radius 2 is 2.10 bits per heavy atom. The van der Waals surface area contributed by atoms with Gasteiger partial charge in [-0.1, -0.05) is 5.16 Å². The third kappa shape index (κ3) is 4.30. The normalized spacial score (nSPS) is 12.3. The van der Waals surface area contributed by atoms with Gasteiger partial charge in [0.25, 0.3) is 0 Å². The first-order valence-corrected chi connectivity index (χ1v) is 7.71. The van der Waals surface area contributed by atoms with E-state index in [1.165, 1.54) is 13.3 Å². The van der Waals surface area contributed by atoms with E-state index in [1.54, 1.807) is 6.92 Å². The molecule has 0 unspecified atom stereocenters. The molecule has 5 nitrogen and oxygen atoms in total. The van der Waals surface area contributed by atoms with Crippen molar-refractivity contribution in [2.45, 2.75) is 17.7 Å². The number of thiazole rings is 1. The van der Waals surface area contributed by atoms with Crippen LogP contribution in [0.3, 0.4) is 0 Å². The van der Waals surface area contributed by atoms with Gasteiger partial charge >= 0.3 is 6.08 Å². The molecule has 0 N–H and O–H groups in total. The molecule has 0 aromatic carbocycles. The molecule has 10 heteroatoms. The summed E-state index contributed by atoms with van der Waals surface area (Å²) in [4.78, 5) is 8.68. The molecule has 0 radical (unpaired) electrons. The zero-order chi connectivity index (χ0) is 15.3. The van der Waals surface area contributed by atoms with Crippen LogP contribution in [0.4, 0.5) is 13.2 Å². The predicted octanol–water partition coefficient (Wildman–Crippen LogP) is 2.75. The van der Waals surface area contributed by atoms with Crippen molar-refractivity contribution in [1.82, 2.24) is 4.98 Å². The van der Waals surface area contributed by atoms with Crippen LogP contribution in [-0.4, -0.2) is 32.0 Å². The van der Waals surface area contributed by atoms with Crippen LogP contribution in [0.1, 0.15) is 18.2 Å². The highest BCUT2D eigenvalue weighted by molar-refractivity contribution is 7.93. The first kappa shape index (κ1) is 16.6. The highest BCUT2D eigenvalue weighted by atomic mass is 32.2. The topological polar surface area (TPSA) is 68.6 Å². The van der Waals surface area contributed by atoms with Gasteiger partial charge in [-0.15, -0.1) is 11.3 Å². The van der Waals surface area contributed by atoms with E-state index in [-0.39, 0.29) is 4.34 Å². The first-order valence-electron chi connectivity index (χ1n) is 5.24. The quantitative estimate of drug-likeness (QED) is 0.595. The molecular formula is C10H11F3N2O3S2. The van der Waals surface area contributed by atoms with Crippen LogP contribution in [0.15, 0.2) is 27.6 Å². The number of rotatable bonds is 6. The molecule has 0 aliphatic carbocycles. The molecule has 1 heterocycles. The van der Waals surface area contributed by atoms with Crippen molar-refractivity contribution in [3.8, 4) is 0 Å². The summed E-state index contributed by atoms with van der Waals surface area (Å²) in [5.41, 5.74) is 0.423. The summed E-state index contributed by atoms with van der Waals surface area (Å²) in [6.45, 7) is 1.59. The number of sulfone groups is 1. The Balaban J connectivity index is 2.89. The van der Waals surface area contributed by atoms with E-state index >= 15 is 0 Å². The summed E-state index contributed by atoms with van der Waals surface area (Å²) in [6, 6.07) is 0. The molecule has 0 spiro atoms. The maximum absolute atomic E-state index is 12.6. The van der Waals surface area contributed by atoms with Crippen molar-refractivity contribution in [1.29, 1.82) is 0 Å². The number of hydrogen-bond donors (Lipinski definition) is 0. The maximum Gasteiger partial charge on any atom is 0.301 e. The fourth-order valence-electron chi connectivity index (χ4n) is 1.16. The molecule has 1 aromatic rings. The van der Waals surface area contributed by atoms with Gasteiger partial charge in [-0.2, -0.15) is 8.78 Å². The molecule has 0 bridgehead atoms. The van der Waals surface area contributed by atoms with Gasteiger partial charge in [-0.3, -0.25) is 0 Å². The Bertz CT molecular complexity index is 634. The standard InChI is InChI=1S/C10H11F3N2O3S2/c1-6(15-18-2)8-5-14-10(19-8)20(16,17)4-3-7(11)9(12)13/h5H,3-4H2,1-2H3/b15-6+. The largest absolute Gasteiger partial charge is 0.399 e. The summed E-state index contributed by atoms with van der Waals surface area (Å²) in [7, 11) is -2.58. The predicted molar refractivity (Wildman–Crippen MR) is 68.4 cm³/mol. The molecule has 0 amide bonds. The van der Waals surface area contributed by atoms with E-state index in [0.29, 0.717) is 10.6 Å². The van der Waals surface area contributed by atoms with E-state index in [9.17, 15) is 21.6 Å². The molecule has 112 valence electrons. The fraction of sp³-hybridized carbons (Fsp3) is 0.400. The lowest BCUT2D eigenvalue weighted by atomic mass is 10.4. The molecule has 0 saturated heterocycles. The van der Waals surface area contributed by atoms with Crippen LogP contribution in [0.5, 0.6) is 0 Å². The lowest BCUT2D eigenvalue weighted by Crippen LogP contribution is -2.06. The maximum atomic E-state index is 12.6. The Morgan fingerprint density at radius 3 is 2.65 bits per heavy atom. The number of allylic oxidation sites excluding steroid dienone is 1. The van der Waals surface area contributed by atoms with E-state index in [4.69, 9.17) is 0 Å². The van der Waals surface area contributed by atoms with Crippen LogP contribution in [0, 0.1) is 0 Å². The van der Waals surface area contributed by atoms with Crippen molar-refractivity contribution in [2.75, 3.05) is 12.9 Å². The van der Waals surface area contributed by atoms with Crippen molar-refractivity contribution in [2.24, 2.45) is 5.16 Å². The highest BCUT2D eigenvalue weighted by Gasteiger charge is 2.21. The van der Waals surface area contributed by atoms with Crippen LogP contribution >= 0.6 is 11.3 Å². The van der Waals surface area contributed by atoms with Gasteiger partial charge in [-0.25, -0.2) is 17.8 Å². The Labute approximate surface area is 117 Å². The second-order valence-electron chi connectivity index (χ2n) is 3.58. The van der Waals surface area contributed by atoms with Crippen LogP contribution in [0.2, 0.25) is 0 Å². The highest BCUT2D eigenvalue weighted by Crippen LogP contribution is 2.22. The molecule has 1 aromatic heterocycles. The molecule has 20 heavy (non-hydrogen) atoms. The average Bonchev–Trinajstić information content (AvgIpc) is 2.86. The van der Waals surface area contributed by atoms with E-state index < -0.39 is 33.9 Å². The van der Waals surface area contributed by atoms with Crippen molar-refractivity contribution < 1.29 is 26.4 Å². The molecular weight excluding hydrogens is 317 g/mol. The van der Waals surface area contributed by atoms with E-state index in [1.807, 2.05) is 0 Å². The molecule has 0 saturated carbocycles. The number of hydrogen-bond acceptors (Lipinski definition) is 6. The second-order valence-corrected chi connectivity index (χ2v) is 6.90. The molecule has 1 rings (SSSR count). The van der Waals surface area contributed by atoms with Gasteiger partial charge in [0.15, 0.2) is 5.83 Å². The minimum absolute atomic E-state index is 0.273. The average molecular weight is 328 g/mol. The number of oxime groups is 1. The molecule has 0 atom stereocenters. The summed E-state index contributed by atoms with van der Waals surface area (Å²) >= 11 is 0.812. The summed E-state index contributed by atoms with van der Waals surface area (Å²) in [5.74, 6) is -2.51. The van der Waals surface area contributed by atoms with Crippen LogP contribution in [0.25, 0.3) is 0 Å². The SMILES string of the molecule is CO/N=C(\C)c1cnc(S(=O)(=O)CCC(F)=C(F)F)s1. The minimum Gasteiger partial charge on any atom is -0.399 e.